The molecular formula is C24H23N3O6. The Morgan fingerprint density at radius 2 is 1.61 bits per heavy atom. The van der Waals surface area contributed by atoms with Crippen molar-refractivity contribution in [3.63, 3.8) is 0 Å². The summed E-state index contributed by atoms with van der Waals surface area (Å²) in [5.74, 6) is 3.15. The minimum Gasteiger partial charge on any atom is -0.486 e. The molecule has 0 atom stereocenters. The van der Waals surface area contributed by atoms with E-state index in [4.69, 9.17) is 25.4 Å². The number of carbonyl (C=O) groups excluding carboxylic acids is 2. The predicted molar refractivity (Wildman–Crippen MR) is 121 cm³/mol. The molecule has 3 aromatic rings. The molecule has 1 heterocycles. The Morgan fingerprint density at radius 3 is 2.24 bits per heavy atom. The second kappa shape index (κ2) is 11.3. The number of carbonyl (C=O) groups is 2. The van der Waals surface area contributed by atoms with Crippen LogP contribution in [0.4, 0.5) is 11.5 Å². The maximum Gasteiger partial charge on any atom is 0.302 e. The zero-order chi connectivity index (χ0) is 23.6. The van der Waals surface area contributed by atoms with E-state index in [1.54, 1.807) is 12.1 Å². The minimum absolute atomic E-state index is 0.0789. The van der Waals surface area contributed by atoms with Crippen LogP contribution in [-0.2, 0) is 19.1 Å². The number of benzene rings is 2. The third kappa shape index (κ3) is 6.83. The van der Waals surface area contributed by atoms with Gasteiger partial charge in [-0.3, -0.25) is 9.59 Å². The average Bonchev–Trinajstić information content (AvgIpc) is 2.79. The van der Waals surface area contributed by atoms with E-state index >= 15 is 0 Å². The monoisotopic (exact) mass is 449 g/mol. The van der Waals surface area contributed by atoms with Crippen molar-refractivity contribution in [3.05, 3.63) is 48.3 Å². The van der Waals surface area contributed by atoms with Gasteiger partial charge in [0.2, 0.25) is 0 Å². The van der Waals surface area contributed by atoms with E-state index in [0.29, 0.717) is 28.2 Å². The molecule has 3 rings (SSSR count). The van der Waals surface area contributed by atoms with Crippen molar-refractivity contribution < 1.29 is 28.5 Å². The molecule has 0 aliphatic rings. The average molecular weight is 449 g/mol. The van der Waals surface area contributed by atoms with Crippen molar-refractivity contribution in [1.82, 2.24) is 9.97 Å². The van der Waals surface area contributed by atoms with Crippen molar-refractivity contribution in [2.75, 3.05) is 31.7 Å². The molecule has 2 aromatic carbocycles. The quantitative estimate of drug-likeness (QED) is 0.283. The van der Waals surface area contributed by atoms with Gasteiger partial charge in [-0.05, 0) is 24.3 Å². The molecule has 0 spiro atoms. The molecule has 0 saturated heterocycles. The molecule has 0 aliphatic heterocycles. The van der Waals surface area contributed by atoms with E-state index in [9.17, 15) is 9.59 Å². The van der Waals surface area contributed by atoms with Crippen molar-refractivity contribution >= 4 is 34.3 Å². The Kier molecular flexibility index (Phi) is 8.02. The van der Waals surface area contributed by atoms with Gasteiger partial charge in [0.25, 0.3) is 0 Å². The molecule has 0 saturated carbocycles. The Balaban J connectivity index is 1.89. The number of esters is 2. The number of fused-ring (bicyclic) bond motifs is 1. The van der Waals surface area contributed by atoms with Gasteiger partial charge in [-0.1, -0.05) is 12.0 Å². The molecule has 0 aliphatic carbocycles. The lowest BCUT2D eigenvalue weighted by atomic mass is 10.2. The van der Waals surface area contributed by atoms with Crippen LogP contribution in [0.2, 0.25) is 0 Å². The second-order valence-corrected chi connectivity index (χ2v) is 6.77. The summed E-state index contributed by atoms with van der Waals surface area (Å²) in [7, 11) is 0. The van der Waals surface area contributed by atoms with Gasteiger partial charge >= 0.3 is 11.9 Å². The van der Waals surface area contributed by atoms with Crippen LogP contribution in [0.1, 0.15) is 19.4 Å². The van der Waals surface area contributed by atoms with Crippen molar-refractivity contribution in [3.8, 4) is 23.8 Å². The number of aromatic nitrogens is 2. The smallest absolute Gasteiger partial charge is 0.302 e. The van der Waals surface area contributed by atoms with Gasteiger partial charge in [0.15, 0.2) is 11.5 Å². The van der Waals surface area contributed by atoms with E-state index in [0.717, 1.165) is 11.3 Å². The fraction of sp³-hybridized carbons (Fsp3) is 0.250. The largest absolute Gasteiger partial charge is 0.486 e. The first-order chi connectivity index (χ1) is 16.0. The van der Waals surface area contributed by atoms with Crippen LogP contribution in [0.3, 0.4) is 0 Å². The molecule has 1 aromatic heterocycles. The lowest BCUT2D eigenvalue weighted by Gasteiger charge is -2.15. The number of terminal acetylenes is 1. The second-order valence-electron chi connectivity index (χ2n) is 6.77. The number of nitrogens with one attached hydrogen (secondary N) is 1. The lowest BCUT2D eigenvalue weighted by molar-refractivity contribution is -0.142. The van der Waals surface area contributed by atoms with Gasteiger partial charge in [-0.25, -0.2) is 9.97 Å². The molecule has 9 heteroatoms. The van der Waals surface area contributed by atoms with Crippen LogP contribution < -0.4 is 14.8 Å². The van der Waals surface area contributed by atoms with Crippen LogP contribution in [0.5, 0.6) is 11.5 Å². The first-order valence-electron chi connectivity index (χ1n) is 10.1. The fourth-order valence-electron chi connectivity index (χ4n) is 2.89. The van der Waals surface area contributed by atoms with E-state index in [1.807, 2.05) is 24.3 Å². The standard InChI is InChI=1S/C24H23N3O6/c1-4-18-6-5-7-19(12-18)27-24-20-13-22(32-10-8-30-16(2)28)23(14-21(20)25-15-26-24)33-11-9-31-17(3)29/h1,5-7,12-15H,8-11H2,2-3H3,(H,25,26,27). The first-order valence-corrected chi connectivity index (χ1v) is 10.1. The zero-order valence-corrected chi connectivity index (χ0v) is 18.3. The highest BCUT2D eigenvalue weighted by molar-refractivity contribution is 5.93. The van der Waals surface area contributed by atoms with Gasteiger partial charge in [0.05, 0.1) is 5.52 Å². The molecule has 0 radical (unpaired) electrons. The van der Waals surface area contributed by atoms with Crippen molar-refractivity contribution in [2.24, 2.45) is 0 Å². The van der Waals surface area contributed by atoms with E-state index in [2.05, 4.69) is 21.2 Å². The summed E-state index contributed by atoms with van der Waals surface area (Å²) in [6.45, 7) is 3.05. The molecule has 0 unspecified atom stereocenters. The number of hydrogen-bond donors (Lipinski definition) is 1. The minimum atomic E-state index is -0.399. The third-order valence-corrected chi connectivity index (χ3v) is 4.29. The number of nitrogens with zero attached hydrogens (tertiary/aromatic N) is 2. The van der Waals surface area contributed by atoms with Crippen molar-refractivity contribution in [1.29, 1.82) is 0 Å². The van der Waals surface area contributed by atoms with Crippen LogP contribution in [0, 0.1) is 12.3 Å². The number of rotatable bonds is 10. The van der Waals surface area contributed by atoms with Crippen LogP contribution in [0.25, 0.3) is 10.9 Å². The predicted octanol–water partition coefficient (Wildman–Crippen LogP) is 3.24. The molecule has 33 heavy (non-hydrogen) atoms. The highest BCUT2D eigenvalue weighted by Gasteiger charge is 2.13. The Morgan fingerprint density at radius 1 is 0.939 bits per heavy atom. The van der Waals surface area contributed by atoms with Gasteiger partial charge < -0.3 is 24.3 Å². The first kappa shape index (κ1) is 23.3. The summed E-state index contributed by atoms with van der Waals surface area (Å²) >= 11 is 0. The fourth-order valence-corrected chi connectivity index (χ4v) is 2.89. The molecular weight excluding hydrogens is 426 g/mol. The SMILES string of the molecule is C#Cc1cccc(Nc2ncnc3cc(OCCOC(C)=O)c(OCCOC(C)=O)cc23)c1. The van der Waals surface area contributed by atoms with E-state index < -0.39 is 11.9 Å². The number of anilines is 2. The normalized spacial score (nSPS) is 10.2. The molecule has 1 N–H and O–H groups in total. The maximum atomic E-state index is 11.0. The molecule has 170 valence electrons. The van der Waals surface area contributed by atoms with Gasteiger partial charge in [0.1, 0.15) is 38.6 Å². The highest BCUT2D eigenvalue weighted by Crippen LogP contribution is 2.35. The maximum absolute atomic E-state index is 11.0. The van der Waals surface area contributed by atoms with Crippen LogP contribution >= 0.6 is 0 Å². The lowest BCUT2D eigenvalue weighted by Crippen LogP contribution is -2.12. The Hall–Kier alpha value is -4.32. The van der Waals surface area contributed by atoms with Gasteiger partial charge in [-0.2, -0.15) is 0 Å². The van der Waals surface area contributed by atoms with E-state index in [-0.39, 0.29) is 26.4 Å². The summed E-state index contributed by atoms with van der Waals surface area (Å²) in [5.41, 5.74) is 2.11. The molecule has 0 fully saturated rings. The van der Waals surface area contributed by atoms with Crippen LogP contribution in [0.15, 0.2) is 42.7 Å². The summed E-state index contributed by atoms with van der Waals surface area (Å²) in [6, 6.07) is 10.8. The summed E-state index contributed by atoms with van der Waals surface area (Å²) in [5, 5.41) is 3.92. The molecule has 0 amide bonds. The summed E-state index contributed by atoms with van der Waals surface area (Å²) in [6.07, 6.45) is 6.92. The Labute approximate surface area is 191 Å². The zero-order valence-electron chi connectivity index (χ0n) is 18.3. The summed E-state index contributed by atoms with van der Waals surface area (Å²) in [4.78, 5) is 30.7. The summed E-state index contributed by atoms with van der Waals surface area (Å²) < 4.78 is 21.4. The molecule has 0 bridgehead atoms. The van der Waals surface area contributed by atoms with Crippen LogP contribution in [-0.4, -0.2) is 48.3 Å². The van der Waals surface area contributed by atoms with Gasteiger partial charge in [-0.15, -0.1) is 6.42 Å². The number of hydrogen-bond acceptors (Lipinski definition) is 9. The molecule has 9 nitrogen and oxygen atoms in total. The van der Waals surface area contributed by atoms with E-state index in [1.165, 1.54) is 20.2 Å². The number of ether oxygens (including phenoxy) is 4. The highest BCUT2D eigenvalue weighted by atomic mass is 16.6. The third-order valence-electron chi connectivity index (χ3n) is 4.29. The Bertz CT molecular complexity index is 1190. The van der Waals surface area contributed by atoms with Crippen molar-refractivity contribution in [2.45, 2.75) is 13.8 Å². The topological polar surface area (TPSA) is 109 Å². The van der Waals surface area contributed by atoms with Gasteiger partial charge in [0, 0.05) is 36.6 Å².